The van der Waals surface area contributed by atoms with Crippen LogP contribution in [0.25, 0.3) is 0 Å². The second-order valence-electron chi connectivity index (χ2n) is 12.9. The lowest BCUT2D eigenvalue weighted by molar-refractivity contribution is 0.137. The monoisotopic (exact) mass is 402 g/mol. The molecular formula is C21H46O3Si2. The van der Waals surface area contributed by atoms with E-state index in [1.54, 1.807) is 0 Å². The van der Waals surface area contributed by atoms with Crippen LogP contribution in [0.5, 0.6) is 0 Å². The van der Waals surface area contributed by atoms with Crippen LogP contribution in [-0.4, -0.2) is 22.8 Å². The highest BCUT2D eigenvalue weighted by molar-refractivity contribution is 6.79. The first-order valence-corrected chi connectivity index (χ1v) is 15.2. The molecule has 3 nitrogen and oxygen atoms in total. The van der Waals surface area contributed by atoms with Crippen molar-refractivity contribution in [1.29, 1.82) is 0 Å². The van der Waals surface area contributed by atoms with Crippen LogP contribution in [0.3, 0.4) is 0 Å². The van der Waals surface area contributed by atoms with Crippen LogP contribution in [0.4, 0.5) is 4.79 Å². The summed E-state index contributed by atoms with van der Waals surface area (Å²) >= 11 is 0. The minimum Gasteiger partial charge on any atom is -0.489 e. The molecule has 0 aromatic rings. The first-order valence-electron chi connectivity index (χ1n) is 9.93. The van der Waals surface area contributed by atoms with Crippen molar-refractivity contribution in [3.63, 3.8) is 0 Å². The van der Waals surface area contributed by atoms with Crippen molar-refractivity contribution in [2.75, 3.05) is 0 Å². The molecule has 0 aromatic heterocycles. The van der Waals surface area contributed by atoms with E-state index in [1.165, 1.54) is 0 Å². The van der Waals surface area contributed by atoms with Crippen molar-refractivity contribution < 1.29 is 13.6 Å². The maximum absolute atomic E-state index is 13.0. The molecule has 5 heteroatoms. The molecule has 0 amide bonds. The van der Waals surface area contributed by atoms with Crippen LogP contribution in [0.15, 0.2) is 0 Å². The van der Waals surface area contributed by atoms with Gasteiger partial charge in [0.1, 0.15) is 0 Å². The van der Waals surface area contributed by atoms with E-state index in [4.69, 9.17) is 8.85 Å². The van der Waals surface area contributed by atoms with E-state index in [1.807, 2.05) is 0 Å². The molecule has 0 aliphatic carbocycles. The largest absolute Gasteiger partial charge is 0.489 e. The SMILES string of the molecule is CC(C)(C)C[Si](C)(OC(=O)O[Si](C)(CC(C)(C)C)C(C)(C)C)C(C)(C)C. The highest BCUT2D eigenvalue weighted by Crippen LogP contribution is 2.47. The quantitative estimate of drug-likeness (QED) is 0.447. The van der Waals surface area contributed by atoms with Gasteiger partial charge < -0.3 is 8.85 Å². The van der Waals surface area contributed by atoms with Gasteiger partial charge in [-0.05, 0) is 46.1 Å². The van der Waals surface area contributed by atoms with Crippen LogP contribution in [0, 0.1) is 10.8 Å². The Morgan fingerprint density at radius 1 is 0.615 bits per heavy atom. The Balaban J connectivity index is 5.61. The van der Waals surface area contributed by atoms with Gasteiger partial charge in [0.05, 0.1) is 0 Å². The fourth-order valence-corrected chi connectivity index (χ4v) is 10.1. The zero-order chi connectivity index (χ0) is 21.4. The second-order valence-corrected chi connectivity index (χ2v) is 21.9. The fraction of sp³-hybridized carbons (Fsp3) is 0.952. The molecule has 0 aromatic carbocycles. The molecule has 0 heterocycles. The normalized spacial score (nSPS) is 18.7. The molecule has 2 unspecified atom stereocenters. The summed E-state index contributed by atoms with van der Waals surface area (Å²) in [6.45, 7) is 30.8. The molecule has 0 N–H and O–H groups in total. The molecule has 0 bridgehead atoms. The van der Waals surface area contributed by atoms with Gasteiger partial charge in [-0.2, -0.15) is 0 Å². The van der Waals surface area contributed by atoms with E-state index in [2.05, 4.69) is 96.2 Å². The lowest BCUT2D eigenvalue weighted by Crippen LogP contribution is -2.52. The fourth-order valence-electron chi connectivity index (χ4n) is 3.32. The highest BCUT2D eigenvalue weighted by Gasteiger charge is 2.51. The first kappa shape index (κ1) is 25.7. The number of carbonyl (C=O) groups is 1. The highest BCUT2D eigenvalue weighted by atomic mass is 28.4. The standard InChI is InChI=1S/C21H46O3Si2/c1-18(2,3)15-25(13,20(7,8)9)23-17(22)24-26(14,21(10,11)12)16-19(4,5)6/h15-16H2,1-14H3. The van der Waals surface area contributed by atoms with Gasteiger partial charge in [0.15, 0.2) is 0 Å². The van der Waals surface area contributed by atoms with Crippen molar-refractivity contribution in [1.82, 2.24) is 0 Å². The Morgan fingerprint density at radius 3 is 1.00 bits per heavy atom. The Bertz CT molecular complexity index is 445. The van der Waals surface area contributed by atoms with Gasteiger partial charge >= 0.3 is 6.16 Å². The smallest absolute Gasteiger partial charge is 0.480 e. The minimum atomic E-state index is -2.32. The number of carbonyl (C=O) groups excluding carboxylic acids is 1. The third-order valence-corrected chi connectivity index (χ3v) is 16.6. The van der Waals surface area contributed by atoms with Gasteiger partial charge in [-0.25, -0.2) is 4.79 Å². The molecule has 0 saturated heterocycles. The maximum atomic E-state index is 13.0. The molecule has 0 fully saturated rings. The summed E-state index contributed by atoms with van der Waals surface area (Å²) in [5.41, 5.74) is 0.232. The van der Waals surface area contributed by atoms with Gasteiger partial charge in [0, 0.05) is 0 Å². The van der Waals surface area contributed by atoms with E-state index in [9.17, 15) is 4.79 Å². The Morgan fingerprint density at radius 2 is 0.846 bits per heavy atom. The number of hydrogen-bond acceptors (Lipinski definition) is 3. The molecule has 0 rings (SSSR count). The van der Waals surface area contributed by atoms with Crippen LogP contribution < -0.4 is 0 Å². The predicted octanol–water partition coefficient (Wildman–Crippen LogP) is 7.98. The molecule has 26 heavy (non-hydrogen) atoms. The summed E-state index contributed by atoms with van der Waals surface area (Å²) in [6.07, 6.45) is -0.438. The number of rotatable bonds is 4. The lowest BCUT2D eigenvalue weighted by atomic mass is 10.0. The van der Waals surface area contributed by atoms with Gasteiger partial charge in [-0.1, -0.05) is 83.1 Å². The average Bonchev–Trinajstić information content (AvgIpc) is 2.18. The van der Waals surface area contributed by atoms with Crippen LogP contribution >= 0.6 is 0 Å². The maximum Gasteiger partial charge on any atom is 0.480 e. The summed E-state index contributed by atoms with van der Waals surface area (Å²) in [5, 5.41) is -0.0773. The summed E-state index contributed by atoms with van der Waals surface area (Å²) in [6, 6.07) is 1.84. The zero-order valence-corrected chi connectivity index (χ0v) is 22.1. The van der Waals surface area contributed by atoms with Crippen molar-refractivity contribution in [2.24, 2.45) is 10.8 Å². The van der Waals surface area contributed by atoms with Gasteiger partial charge in [0.25, 0.3) is 16.6 Å². The van der Waals surface area contributed by atoms with Crippen LogP contribution in [0.1, 0.15) is 83.1 Å². The third-order valence-electron chi connectivity index (χ3n) is 5.53. The average molecular weight is 403 g/mol. The van der Waals surface area contributed by atoms with Crippen molar-refractivity contribution in [3.8, 4) is 0 Å². The molecule has 0 aliphatic rings. The number of hydrogen-bond donors (Lipinski definition) is 0. The summed E-state index contributed by atoms with van der Waals surface area (Å²) in [4.78, 5) is 13.0. The van der Waals surface area contributed by atoms with E-state index in [0.29, 0.717) is 0 Å². The third kappa shape index (κ3) is 7.75. The molecule has 0 aliphatic heterocycles. The van der Waals surface area contributed by atoms with Crippen molar-refractivity contribution >= 4 is 22.8 Å². The van der Waals surface area contributed by atoms with E-state index in [-0.39, 0.29) is 20.9 Å². The summed E-state index contributed by atoms with van der Waals surface area (Å²) < 4.78 is 12.4. The molecule has 0 spiro atoms. The van der Waals surface area contributed by atoms with Gasteiger partial charge in [-0.15, -0.1) is 0 Å². The first-order chi connectivity index (χ1) is 11.0. The van der Waals surface area contributed by atoms with E-state index < -0.39 is 22.8 Å². The Hall–Kier alpha value is -0.296. The molecule has 2 atom stereocenters. The van der Waals surface area contributed by atoms with Crippen molar-refractivity contribution in [2.45, 2.75) is 118 Å². The second kappa shape index (κ2) is 7.61. The summed E-state index contributed by atoms with van der Waals surface area (Å²) in [7, 11) is -4.64. The Labute approximate surface area is 165 Å². The van der Waals surface area contributed by atoms with Crippen LogP contribution in [-0.2, 0) is 8.85 Å². The molecule has 156 valence electrons. The van der Waals surface area contributed by atoms with E-state index in [0.717, 1.165) is 12.1 Å². The minimum absolute atomic E-state index is 0.0387. The van der Waals surface area contributed by atoms with Gasteiger partial charge in [-0.3, -0.25) is 0 Å². The zero-order valence-electron chi connectivity index (χ0n) is 20.1. The van der Waals surface area contributed by atoms with Gasteiger partial charge in [0.2, 0.25) is 0 Å². The Kier molecular flexibility index (Phi) is 7.52. The van der Waals surface area contributed by atoms with Crippen LogP contribution in [0.2, 0.25) is 35.3 Å². The van der Waals surface area contributed by atoms with E-state index >= 15 is 0 Å². The lowest BCUT2D eigenvalue weighted by Gasteiger charge is -2.45. The molecule has 0 saturated carbocycles. The summed E-state index contributed by atoms with van der Waals surface area (Å²) in [5.74, 6) is 0. The topological polar surface area (TPSA) is 35.5 Å². The molecular weight excluding hydrogens is 356 g/mol. The predicted molar refractivity (Wildman–Crippen MR) is 119 cm³/mol. The molecule has 0 radical (unpaired) electrons. The van der Waals surface area contributed by atoms with Crippen molar-refractivity contribution in [3.05, 3.63) is 0 Å².